The van der Waals surface area contributed by atoms with Gasteiger partial charge in [0.15, 0.2) is 0 Å². The molecule has 0 atom stereocenters. The van der Waals surface area contributed by atoms with Gasteiger partial charge in [0.1, 0.15) is 0 Å². The number of rotatable bonds is 3. The van der Waals surface area contributed by atoms with Crippen molar-refractivity contribution < 1.29 is 45.0 Å². The SMILES string of the molecule is O=C(O)C=C[O-].O=C(O)C=C[O-].O=C(O)C=C[O-].[Al+3]. The van der Waals surface area contributed by atoms with Gasteiger partial charge in [-0.1, -0.05) is 0 Å². The van der Waals surface area contributed by atoms with Crippen molar-refractivity contribution in [3.05, 3.63) is 37.0 Å². The fourth-order valence-corrected chi connectivity index (χ4v) is 0.175. The molecule has 0 unspecified atom stereocenters. The zero-order chi connectivity index (χ0) is 15.0. The maximum atomic E-state index is 9.31. The Morgan fingerprint density at radius 2 is 0.789 bits per heavy atom. The van der Waals surface area contributed by atoms with Gasteiger partial charge in [-0.25, -0.2) is 14.4 Å². The van der Waals surface area contributed by atoms with Crippen LogP contribution >= 0.6 is 0 Å². The zero-order valence-electron chi connectivity index (χ0n) is 9.33. The zero-order valence-corrected chi connectivity index (χ0v) is 10.5. The molecule has 0 aromatic carbocycles. The number of carboxylic acid groups (broad SMARTS) is 3. The molecule has 0 amide bonds. The molecule has 0 aliphatic carbocycles. The van der Waals surface area contributed by atoms with E-state index in [-0.39, 0.29) is 36.1 Å². The van der Waals surface area contributed by atoms with Crippen LogP contribution in [0.5, 0.6) is 0 Å². The van der Waals surface area contributed by atoms with E-state index in [4.69, 9.17) is 15.3 Å². The van der Waals surface area contributed by atoms with Crippen LogP contribution in [-0.2, 0) is 14.4 Å². The van der Waals surface area contributed by atoms with Crippen LogP contribution in [0.4, 0.5) is 0 Å². The predicted molar refractivity (Wildman–Crippen MR) is 56.1 cm³/mol. The third-order valence-corrected chi connectivity index (χ3v) is 0.632. The van der Waals surface area contributed by atoms with E-state index >= 15 is 0 Å². The first kappa shape index (κ1) is 25.4. The van der Waals surface area contributed by atoms with Crippen molar-refractivity contribution >= 4 is 35.3 Å². The van der Waals surface area contributed by atoms with E-state index in [2.05, 4.69) is 0 Å². The summed E-state index contributed by atoms with van der Waals surface area (Å²) in [6.07, 6.45) is 2.26. The summed E-state index contributed by atoms with van der Waals surface area (Å²) in [5.74, 6) is -3.61. The van der Waals surface area contributed by atoms with Crippen LogP contribution in [0.2, 0.25) is 0 Å². The largest absolute Gasteiger partial charge is 3.00 e. The van der Waals surface area contributed by atoms with Gasteiger partial charge in [-0.3, -0.25) is 0 Å². The molecule has 0 bridgehead atoms. The third kappa shape index (κ3) is 66.5. The van der Waals surface area contributed by atoms with Crippen molar-refractivity contribution in [1.82, 2.24) is 0 Å². The summed E-state index contributed by atoms with van der Waals surface area (Å²) < 4.78 is 0. The predicted octanol–water partition coefficient (Wildman–Crippen LogP) is -3.55. The minimum Gasteiger partial charge on any atom is -0.878 e. The number of aliphatic carboxylic acids is 3. The maximum absolute atomic E-state index is 9.31. The Hall–Kier alpha value is -2.44. The standard InChI is InChI=1S/3C3H4O3.Al/c3*4-2-1-3(5)6;/h3*1-2,4H,(H,5,6);/q;;;+3/p-3. The van der Waals surface area contributed by atoms with Crippen LogP contribution in [0.15, 0.2) is 37.0 Å². The van der Waals surface area contributed by atoms with Crippen molar-refractivity contribution in [3.8, 4) is 0 Å². The molecular formula is C9H9AlO9. The maximum Gasteiger partial charge on any atom is 3.00 e. The van der Waals surface area contributed by atoms with Gasteiger partial charge in [-0.15, -0.1) is 18.8 Å². The van der Waals surface area contributed by atoms with Crippen molar-refractivity contribution in [2.45, 2.75) is 0 Å². The van der Waals surface area contributed by atoms with Gasteiger partial charge >= 0.3 is 35.3 Å². The summed E-state index contributed by atoms with van der Waals surface area (Å²) in [4.78, 5) is 27.9. The second kappa shape index (κ2) is 20.9. The third-order valence-electron chi connectivity index (χ3n) is 0.632. The quantitative estimate of drug-likeness (QED) is 0.269. The minimum absolute atomic E-state index is 0. The molecule has 3 N–H and O–H groups in total. The molecule has 0 spiro atoms. The first-order chi connectivity index (χ1) is 8.31. The van der Waals surface area contributed by atoms with E-state index in [1.54, 1.807) is 0 Å². The average molecular weight is 288 g/mol. The molecule has 0 fully saturated rings. The molecule has 0 aliphatic heterocycles. The normalized spacial score (nSPS) is 8.84. The molecule has 9 nitrogen and oxygen atoms in total. The molecule has 0 saturated carbocycles. The molecule has 0 aliphatic rings. The average Bonchev–Trinajstić information content (AvgIpc) is 2.18. The fraction of sp³-hybridized carbons (Fsp3) is 0. The van der Waals surface area contributed by atoms with Crippen LogP contribution in [0, 0.1) is 0 Å². The Bertz CT molecular complexity index is 280. The second-order valence-electron chi connectivity index (χ2n) is 1.92. The summed E-state index contributed by atoms with van der Waals surface area (Å²) in [6.45, 7) is 0. The van der Waals surface area contributed by atoms with Crippen molar-refractivity contribution in [2.24, 2.45) is 0 Å². The van der Waals surface area contributed by atoms with Gasteiger partial charge in [0.05, 0.1) is 0 Å². The van der Waals surface area contributed by atoms with Gasteiger partial charge in [0.25, 0.3) is 0 Å². The smallest absolute Gasteiger partial charge is 0.878 e. The van der Waals surface area contributed by atoms with Gasteiger partial charge < -0.3 is 30.6 Å². The topological polar surface area (TPSA) is 181 Å². The molecular weight excluding hydrogens is 279 g/mol. The van der Waals surface area contributed by atoms with E-state index in [9.17, 15) is 29.7 Å². The Balaban J connectivity index is -0.0000000865. The Kier molecular flexibility index (Phi) is 28.0. The van der Waals surface area contributed by atoms with Crippen LogP contribution < -0.4 is 15.3 Å². The van der Waals surface area contributed by atoms with E-state index < -0.39 is 17.9 Å². The van der Waals surface area contributed by atoms with E-state index in [1.807, 2.05) is 0 Å². The Morgan fingerprint density at radius 3 is 0.789 bits per heavy atom. The van der Waals surface area contributed by atoms with Crippen LogP contribution in [0.3, 0.4) is 0 Å². The van der Waals surface area contributed by atoms with Gasteiger partial charge in [0, 0.05) is 18.2 Å². The molecule has 0 aromatic heterocycles. The van der Waals surface area contributed by atoms with Crippen LogP contribution in [-0.4, -0.2) is 50.6 Å². The Labute approximate surface area is 118 Å². The first-order valence-corrected chi connectivity index (χ1v) is 3.86. The fourth-order valence-electron chi connectivity index (χ4n) is 0.175. The molecule has 0 saturated heterocycles. The summed E-state index contributed by atoms with van der Waals surface area (Å²) in [7, 11) is 0. The first-order valence-electron chi connectivity index (χ1n) is 3.86. The van der Waals surface area contributed by atoms with E-state index in [0.29, 0.717) is 18.2 Å². The second-order valence-corrected chi connectivity index (χ2v) is 1.92. The van der Waals surface area contributed by atoms with Crippen molar-refractivity contribution in [3.63, 3.8) is 0 Å². The molecule has 0 aromatic rings. The summed E-state index contributed by atoms with van der Waals surface area (Å²) >= 11 is 0. The van der Waals surface area contributed by atoms with Crippen LogP contribution in [0.25, 0.3) is 0 Å². The minimum atomic E-state index is -1.20. The molecule has 102 valence electrons. The summed E-state index contributed by atoms with van der Waals surface area (Å²) in [6, 6.07) is 0. The number of carbonyl (C=O) groups is 3. The van der Waals surface area contributed by atoms with Crippen LogP contribution in [0.1, 0.15) is 0 Å². The van der Waals surface area contributed by atoms with Gasteiger partial charge in [-0.2, -0.15) is 0 Å². The molecule has 0 rings (SSSR count). The number of carboxylic acids is 3. The summed E-state index contributed by atoms with van der Waals surface area (Å²) in [5, 5.41) is 50.4. The van der Waals surface area contributed by atoms with Crippen molar-refractivity contribution in [1.29, 1.82) is 0 Å². The van der Waals surface area contributed by atoms with Gasteiger partial charge in [-0.05, 0) is 0 Å². The van der Waals surface area contributed by atoms with Crippen molar-refractivity contribution in [2.75, 3.05) is 0 Å². The Morgan fingerprint density at radius 1 is 0.632 bits per heavy atom. The number of hydrogen-bond acceptors (Lipinski definition) is 6. The van der Waals surface area contributed by atoms with Gasteiger partial charge in [0.2, 0.25) is 0 Å². The molecule has 0 heterocycles. The molecule has 19 heavy (non-hydrogen) atoms. The van der Waals surface area contributed by atoms with E-state index in [1.165, 1.54) is 0 Å². The summed E-state index contributed by atoms with van der Waals surface area (Å²) in [5.41, 5.74) is 0. The molecule has 0 radical (unpaired) electrons. The number of hydrogen-bond donors (Lipinski definition) is 3. The molecule has 10 heteroatoms. The monoisotopic (exact) mass is 288 g/mol. The van der Waals surface area contributed by atoms with E-state index in [0.717, 1.165) is 0 Å².